The number of ether oxygens (including phenoxy) is 2. The van der Waals surface area contributed by atoms with Gasteiger partial charge >= 0.3 is 0 Å². The Morgan fingerprint density at radius 1 is 1.33 bits per heavy atom. The van der Waals surface area contributed by atoms with Crippen LogP contribution in [-0.2, 0) is 21.8 Å². The average molecular weight is 370 g/mol. The van der Waals surface area contributed by atoms with Gasteiger partial charge in [0, 0.05) is 10.6 Å². The number of hydrogen-bond acceptors (Lipinski definition) is 4. The van der Waals surface area contributed by atoms with Crippen LogP contribution in [0.2, 0.25) is 10.0 Å². The summed E-state index contributed by atoms with van der Waals surface area (Å²) in [6.07, 6.45) is 3.99. The summed E-state index contributed by atoms with van der Waals surface area (Å²) in [5, 5.41) is 5.26. The topological polar surface area (TPSA) is 49.2 Å². The zero-order chi connectivity index (χ0) is 17.4. The smallest absolute Gasteiger partial charge is 0.217 e. The number of rotatable bonds is 4. The van der Waals surface area contributed by atoms with Gasteiger partial charge in [0.1, 0.15) is 19.2 Å². The summed E-state index contributed by atoms with van der Waals surface area (Å²) in [6, 6.07) is 5.34. The second-order valence-corrected chi connectivity index (χ2v) is 8.13. The molecule has 1 fully saturated rings. The van der Waals surface area contributed by atoms with Crippen molar-refractivity contribution in [1.82, 2.24) is 14.8 Å². The number of nitrogens with zero attached hydrogens (tertiary/aromatic N) is 3. The van der Waals surface area contributed by atoms with Crippen molar-refractivity contribution in [2.75, 3.05) is 6.61 Å². The predicted molar refractivity (Wildman–Crippen MR) is 93.1 cm³/mol. The summed E-state index contributed by atoms with van der Waals surface area (Å²) in [5.74, 6) is -0.995. The molecule has 1 aliphatic heterocycles. The molecule has 1 saturated heterocycles. The molecule has 0 spiro atoms. The minimum atomic E-state index is -0.995. The van der Waals surface area contributed by atoms with Crippen LogP contribution in [0.1, 0.15) is 32.8 Å². The van der Waals surface area contributed by atoms with E-state index < -0.39 is 5.79 Å². The van der Waals surface area contributed by atoms with Gasteiger partial charge in [-0.2, -0.15) is 5.10 Å². The average Bonchev–Trinajstić information content (AvgIpc) is 3.08. The van der Waals surface area contributed by atoms with Crippen LogP contribution in [-0.4, -0.2) is 27.5 Å². The van der Waals surface area contributed by atoms with E-state index in [0.29, 0.717) is 23.2 Å². The van der Waals surface area contributed by atoms with Gasteiger partial charge in [-0.15, -0.1) is 0 Å². The predicted octanol–water partition coefficient (Wildman–Crippen LogP) is 4.29. The highest BCUT2D eigenvalue weighted by Gasteiger charge is 2.46. The molecule has 0 amide bonds. The van der Waals surface area contributed by atoms with Crippen LogP contribution in [0.25, 0.3) is 0 Å². The molecule has 0 unspecified atom stereocenters. The second-order valence-electron chi connectivity index (χ2n) is 7.29. The Morgan fingerprint density at radius 3 is 2.75 bits per heavy atom. The molecule has 1 aromatic heterocycles. The van der Waals surface area contributed by atoms with E-state index in [1.807, 2.05) is 6.07 Å². The third-order valence-electron chi connectivity index (χ3n) is 3.88. The first-order chi connectivity index (χ1) is 11.3. The second kappa shape index (κ2) is 6.64. The molecule has 0 bridgehead atoms. The minimum absolute atomic E-state index is 0.0136. The Hall–Kier alpha value is -1.14. The summed E-state index contributed by atoms with van der Waals surface area (Å²) < 4.78 is 14.2. The number of aromatic nitrogens is 3. The lowest BCUT2D eigenvalue weighted by atomic mass is 9.89. The van der Waals surface area contributed by atoms with Crippen molar-refractivity contribution < 1.29 is 9.47 Å². The van der Waals surface area contributed by atoms with Crippen LogP contribution in [0.15, 0.2) is 30.9 Å². The third kappa shape index (κ3) is 3.91. The highest BCUT2D eigenvalue weighted by molar-refractivity contribution is 6.35. The van der Waals surface area contributed by atoms with Crippen LogP contribution in [0, 0.1) is 5.41 Å². The maximum Gasteiger partial charge on any atom is 0.217 e. The van der Waals surface area contributed by atoms with Crippen molar-refractivity contribution in [3.05, 3.63) is 46.5 Å². The van der Waals surface area contributed by atoms with Gasteiger partial charge in [-0.25, -0.2) is 9.67 Å². The van der Waals surface area contributed by atoms with Gasteiger partial charge in [0.05, 0.1) is 17.7 Å². The first-order valence-electron chi connectivity index (χ1n) is 7.87. The van der Waals surface area contributed by atoms with E-state index in [9.17, 15) is 0 Å². The Labute approximate surface area is 151 Å². The lowest BCUT2D eigenvalue weighted by Gasteiger charge is -2.30. The summed E-state index contributed by atoms with van der Waals surface area (Å²) >= 11 is 12.5. The molecule has 1 aromatic carbocycles. The third-order valence-corrected chi connectivity index (χ3v) is 4.43. The van der Waals surface area contributed by atoms with Gasteiger partial charge in [-0.3, -0.25) is 0 Å². The Balaban J connectivity index is 1.93. The lowest BCUT2D eigenvalue weighted by Crippen LogP contribution is -2.34. The van der Waals surface area contributed by atoms with Crippen LogP contribution in [0.5, 0.6) is 0 Å². The van der Waals surface area contributed by atoms with Crippen LogP contribution >= 0.6 is 23.2 Å². The largest absolute Gasteiger partial charge is 0.342 e. The standard InChI is InChI=1S/C17H21Cl2N3O2/c1-16(2,3)7-13-8-23-17(24-13,9-22-11-20-10-21-22)14-5-4-12(18)6-15(14)19/h4-6,10-11,13H,7-9H2,1-3H3/t13-,17-/m1/s1. The molecule has 0 radical (unpaired) electrons. The van der Waals surface area contributed by atoms with Gasteiger partial charge < -0.3 is 9.47 Å². The van der Waals surface area contributed by atoms with Gasteiger partial charge in [0.2, 0.25) is 5.79 Å². The highest BCUT2D eigenvalue weighted by atomic mass is 35.5. The van der Waals surface area contributed by atoms with E-state index in [0.717, 1.165) is 12.0 Å². The number of hydrogen-bond donors (Lipinski definition) is 0. The fraction of sp³-hybridized carbons (Fsp3) is 0.529. The Morgan fingerprint density at radius 2 is 2.12 bits per heavy atom. The Bertz CT molecular complexity index is 700. The molecule has 2 aromatic rings. The maximum absolute atomic E-state index is 6.43. The quantitative estimate of drug-likeness (QED) is 0.806. The monoisotopic (exact) mass is 369 g/mol. The Kier molecular flexibility index (Phi) is 4.89. The van der Waals surface area contributed by atoms with E-state index in [4.69, 9.17) is 32.7 Å². The molecule has 2 heterocycles. The molecule has 2 atom stereocenters. The van der Waals surface area contributed by atoms with Crippen molar-refractivity contribution >= 4 is 23.2 Å². The SMILES string of the molecule is CC(C)(C)C[C@@H]1CO[C@@](Cn2cncn2)(c2ccc(Cl)cc2Cl)O1. The molecule has 1 aliphatic rings. The first-order valence-corrected chi connectivity index (χ1v) is 8.63. The van der Waals surface area contributed by atoms with Crippen LogP contribution in [0.3, 0.4) is 0 Å². The first kappa shape index (κ1) is 17.7. The lowest BCUT2D eigenvalue weighted by molar-refractivity contribution is -0.190. The summed E-state index contributed by atoms with van der Waals surface area (Å²) in [6.45, 7) is 7.43. The van der Waals surface area contributed by atoms with E-state index in [2.05, 4.69) is 30.9 Å². The van der Waals surface area contributed by atoms with Crippen molar-refractivity contribution in [2.45, 2.75) is 45.6 Å². The number of halogens is 2. The molecule has 0 saturated carbocycles. The van der Waals surface area contributed by atoms with Gasteiger partial charge in [0.15, 0.2) is 0 Å². The molecule has 0 aliphatic carbocycles. The molecule has 24 heavy (non-hydrogen) atoms. The van der Waals surface area contributed by atoms with E-state index in [1.165, 1.54) is 6.33 Å². The van der Waals surface area contributed by atoms with Crippen molar-refractivity contribution in [1.29, 1.82) is 0 Å². The molecular formula is C17H21Cl2N3O2. The fourth-order valence-corrected chi connectivity index (χ4v) is 3.54. The summed E-state index contributed by atoms with van der Waals surface area (Å²) in [5.41, 5.74) is 0.890. The number of benzene rings is 1. The normalized spacial score (nSPS) is 24.5. The summed E-state index contributed by atoms with van der Waals surface area (Å²) in [4.78, 5) is 3.99. The van der Waals surface area contributed by atoms with Crippen molar-refractivity contribution in [2.24, 2.45) is 5.41 Å². The van der Waals surface area contributed by atoms with E-state index >= 15 is 0 Å². The molecule has 3 rings (SSSR count). The van der Waals surface area contributed by atoms with Gasteiger partial charge in [-0.05, 0) is 24.0 Å². The molecule has 5 nitrogen and oxygen atoms in total. The van der Waals surface area contributed by atoms with E-state index in [-0.39, 0.29) is 11.5 Å². The molecular weight excluding hydrogens is 349 g/mol. The molecule has 130 valence electrons. The molecule has 7 heteroatoms. The fourth-order valence-electron chi connectivity index (χ4n) is 2.98. The summed E-state index contributed by atoms with van der Waals surface area (Å²) in [7, 11) is 0. The maximum atomic E-state index is 6.43. The van der Waals surface area contributed by atoms with Crippen molar-refractivity contribution in [3.63, 3.8) is 0 Å². The van der Waals surface area contributed by atoms with E-state index in [1.54, 1.807) is 23.1 Å². The van der Waals surface area contributed by atoms with Crippen molar-refractivity contribution in [3.8, 4) is 0 Å². The van der Waals surface area contributed by atoms with Crippen LogP contribution < -0.4 is 0 Å². The van der Waals surface area contributed by atoms with Gasteiger partial charge in [0.25, 0.3) is 0 Å². The van der Waals surface area contributed by atoms with Crippen LogP contribution in [0.4, 0.5) is 0 Å². The minimum Gasteiger partial charge on any atom is -0.342 e. The molecule has 0 N–H and O–H groups in total. The van der Waals surface area contributed by atoms with Gasteiger partial charge in [-0.1, -0.05) is 50.0 Å². The zero-order valence-corrected chi connectivity index (χ0v) is 15.5. The zero-order valence-electron chi connectivity index (χ0n) is 14.0. The highest BCUT2D eigenvalue weighted by Crippen LogP contribution is 2.42.